The average Bonchev–Trinajstić information content (AvgIpc) is 3.19. The van der Waals surface area contributed by atoms with Crippen LogP contribution in [0.5, 0.6) is 5.75 Å². The monoisotopic (exact) mass is 374 g/mol. The van der Waals surface area contributed by atoms with Crippen LogP contribution < -0.4 is 10.5 Å². The fourth-order valence-corrected chi connectivity index (χ4v) is 5.13. The predicted molar refractivity (Wildman–Crippen MR) is 106 cm³/mol. The lowest BCUT2D eigenvalue weighted by atomic mass is 9.58. The Labute approximate surface area is 162 Å². The van der Waals surface area contributed by atoms with Gasteiger partial charge in [0.05, 0.1) is 24.9 Å². The van der Waals surface area contributed by atoms with Gasteiger partial charge in [0, 0.05) is 24.9 Å². The molecule has 3 N–H and O–H groups in total. The molecule has 3 aliphatic rings. The molecule has 0 radical (unpaired) electrons. The molecule has 0 amide bonds. The van der Waals surface area contributed by atoms with E-state index in [4.69, 9.17) is 15.2 Å². The second-order valence-corrected chi connectivity index (χ2v) is 8.58. The summed E-state index contributed by atoms with van der Waals surface area (Å²) in [6.45, 7) is 4.10. The van der Waals surface area contributed by atoms with Crippen molar-refractivity contribution < 1.29 is 14.6 Å². The summed E-state index contributed by atoms with van der Waals surface area (Å²) in [5, 5.41) is 10.4. The van der Waals surface area contributed by atoms with E-state index in [1.807, 2.05) is 0 Å². The van der Waals surface area contributed by atoms with Crippen LogP contribution in [0.15, 0.2) is 24.3 Å². The minimum atomic E-state index is -0.217. The number of rotatable bonds is 7. The summed E-state index contributed by atoms with van der Waals surface area (Å²) < 4.78 is 12.1. The lowest BCUT2D eigenvalue weighted by Gasteiger charge is -2.56. The van der Waals surface area contributed by atoms with Gasteiger partial charge in [0.25, 0.3) is 0 Å². The van der Waals surface area contributed by atoms with E-state index in [0.717, 1.165) is 44.6 Å². The topological polar surface area (TPSA) is 68.0 Å². The second kappa shape index (κ2) is 8.48. The molecule has 2 saturated carbocycles. The normalized spacial score (nSPS) is 28.4. The van der Waals surface area contributed by atoms with E-state index in [9.17, 15) is 5.11 Å². The average molecular weight is 375 g/mol. The van der Waals surface area contributed by atoms with Gasteiger partial charge in [0.2, 0.25) is 0 Å². The summed E-state index contributed by atoms with van der Waals surface area (Å²) in [5.74, 6) is 1.01. The van der Waals surface area contributed by atoms with Gasteiger partial charge in [-0.2, -0.15) is 0 Å². The summed E-state index contributed by atoms with van der Waals surface area (Å²) in [7, 11) is 0. The molecule has 27 heavy (non-hydrogen) atoms. The van der Waals surface area contributed by atoms with Crippen LogP contribution in [0.3, 0.4) is 0 Å². The van der Waals surface area contributed by atoms with Crippen molar-refractivity contribution in [1.29, 1.82) is 0 Å². The number of piperidine rings is 1. The number of nitrogens with zero attached hydrogens (tertiary/aromatic N) is 1. The van der Waals surface area contributed by atoms with Gasteiger partial charge in [0.1, 0.15) is 5.75 Å². The van der Waals surface area contributed by atoms with Crippen LogP contribution in [0.2, 0.25) is 0 Å². The summed E-state index contributed by atoms with van der Waals surface area (Å²) in [6.07, 6.45) is 8.10. The fraction of sp³-hybridized carbons (Fsp3) is 0.727. The Kier molecular flexibility index (Phi) is 6.02. The SMILES string of the molecule is NCCO[C@H]1C[C@@H](O)C12CCN(Cc1cccc(OC3CCCC3)c1)CC2. The van der Waals surface area contributed by atoms with Gasteiger partial charge in [-0.3, -0.25) is 4.90 Å². The third-order valence-electron chi connectivity index (χ3n) is 6.88. The zero-order chi connectivity index (χ0) is 18.7. The molecule has 2 aliphatic carbocycles. The summed E-state index contributed by atoms with van der Waals surface area (Å²) in [4.78, 5) is 2.49. The predicted octanol–water partition coefficient (Wildman–Crippen LogP) is 2.70. The quantitative estimate of drug-likeness (QED) is 0.768. The van der Waals surface area contributed by atoms with E-state index in [1.165, 1.54) is 31.2 Å². The number of hydrogen-bond donors (Lipinski definition) is 2. The standard InChI is InChI=1S/C22H34N2O3/c23-10-13-26-21-15-20(25)22(21)8-11-24(12-9-22)16-17-4-3-7-19(14-17)27-18-5-1-2-6-18/h3-4,7,14,18,20-21,25H,1-2,5-6,8-13,15-16,23H2/t20-,21+/m1/s1. The first-order valence-corrected chi connectivity index (χ1v) is 10.7. The Morgan fingerprint density at radius 1 is 1.19 bits per heavy atom. The van der Waals surface area contributed by atoms with Crippen LogP contribution in [0.4, 0.5) is 0 Å². The Morgan fingerprint density at radius 2 is 1.96 bits per heavy atom. The van der Waals surface area contributed by atoms with E-state index in [0.29, 0.717) is 19.3 Å². The van der Waals surface area contributed by atoms with E-state index in [-0.39, 0.29) is 17.6 Å². The van der Waals surface area contributed by atoms with Crippen molar-refractivity contribution in [2.24, 2.45) is 11.1 Å². The highest BCUT2D eigenvalue weighted by Gasteiger charge is 2.55. The Morgan fingerprint density at radius 3 is 2.67 bits per heavy atom. The zero-order valence-electron chi connectivity index (χ0n) is 16.3. The molecule has 5 nitrogen and oxygen atoms in total. The number of likely N-dealkylation sites (tertiary alicyclic amines) is 1. The molecule has 0 bridgehead atoms. The minimum Gasteiger partial charge on any atom is -0.490 e. The van der Waals surface area contributed by atoms with Gasteiger partial charge in [-0.1, -0.05) is 12.1 Å². The van der Waals surface area contributed by atoms with Gasteiger partial charge >= 0.3 is 0 Å². The number of aliphatic hydroxyl groups excluding tert-OH is 1. The van der Waals surface area contributed by atoms with Crippen molar-refractivity contribution >= 4 is 0 Å². The number of benzene rings is 1. The van der Waals surface area contributed by atoms with Crippen LogP contribution >= 0.6 is 0 Å². The molecular weight excluding hydrogens is 340 g/mol. The first kappa shape index (κ1) is 19.2. The maximum absolute atomic E-state index is 10.4. The smallest absolute Gasteiger partial charge is 0.120 e. The number of aliphatic hydroxyl groups is 1. The Balaban J connectivity index is 1.30. The van der Waals surface area contributed by atoms with Crippen molar-refractivity contribution in [2.75, 3.05) is 26.2 Å². The molecule has 0 aromatic heterocycles. The molecule has 1 spiro atoms. The van der Waals surface area contributed by atoms with Gasteiger partial charge in [-0.05, 0) is 69.3 Å². The van der Waals surface area contributed by atoms with Crippen molar-refractivity contribution in [2.45, 2.75) is 69.8 Å². The van der Waals surface area contributed by atoms with Gasteiger partial charge in [0.15, 0.2) is 0 Å². The van der Waals surface area contributed by atoms with Gasteiger partial charge in [-0.25, -0.2) is 0 Å². The summed E-state index contributed by atoms with van der Waals surface area (Å²) >= 11 is 0. The van der Waals surface area contributed by atoms with Crippen LogP contribution in [-0.2, 0) is 11.3 Å². The maximum Gasteiger partial charge on any atom is 0.120 e. The van der Waals surface area contributed by atoms with E-state index in [1.54, 1.807) is 0 Å². The molecular formula is C22H34N2O3. The highest BCUT2D eigenvalue weighted by atomic mass is 16.5. The van der Waals surface area contributed by atoms with Gasteiger partial charge in [-0.15, -0.1) is 0 Å². The van der Waals surface area contributed by atoms with Crippen LogP contribution in [-0.4, -0.2) is 54.6 Å². The van der Waals surface area contributed by atoms with E-state index in [2.05, 4.69) is 29.2 Å². The second-order valence-electron chi connectivity index (χ2n) is 8.58. The minimum absolute atomic E-state index is 0.0426. The Hall–Kier alpha value is -1.14. The van der Waals surface area contributed by atoms with Crippen molar-refractivity contribution in [3.8, 4) is 5.75 Å². The first-order valence-electron chi connectivity index (χ1n) is 10.7. The third-order valence-corrected chi connectivity index (χ3v) is 6.88. The summed E-state index contributed by atoms with van der Waals surface area (Å²) in [6, 6.07) is 8.58. The zero-order valence-corrected chi connectivity index (χ0v) is 16.3. The molecule has 150 valence electrons. The highest BCUT2D eigenvalue weighted by molar-refractivity contribution is 5.29. The molecule has 1 saturated heterocycles. The molecule has 3 fully saturated rings. The largest absolute Gasteiger partial charge is 0.490 e. The first-order chi connectivity index (χ1) is 13.2. The highest BCUT2D eigenvalue weighted by Crippen LogP contribution is 2.51. The fourth-order valence-electron chi connectivity index (χ4n) is 5.13. The number of ether oxygens (including phenoxy) is 2. The van der Waals surface area contributed by atoms with Crippen LogP contribution in [0.25, 0.3) is 0 Å². The Bertz CT molecular complexity index is 609. The number of nitrogens with two attached hydrogens (primary N) is 1. The van der Waals surface area contributed by atoms with Gasteiger partial charge < -0.3 is 20.3 Å². The molecule has 5 heteroatoms. The molecule has 1 aliphatic heterocycles. The molecule has 4 rings (SSSR count). The number of hydrogen-bond acceptors (Lipinski definition) is 5. The maximum atomic E-state index is 10.4. The molecule has 1 aromatic rings. The van der Waals surface area contributed by atoms with Crippen molar-refractivity contribution in [3.63, 3.8) is 0 Å². The van der Waals surface area contributed by atoms with Crippen molar-refractivity contribution in [3.05, 3.63) is 29.8 Å². The van der Waals surface area contributed by atoms with Crippen molar-refractivity contribution in [1.82, 2.24) is 4.90 Å². The molecule has 2 atom stereocenters. The lowest BCUT2D eigenvalue weighted by Crippen LogP contribution is -2.62. The lowest BCUT2D eigenvalue weighted by molar-refractivity contribution is -0.210. The summed E-state index contributed by atoms with van der Waals surface area (Å²) in [5.41, 5.74) is 6.84. The van der Waals surface area contributed by atoms with Crippen LogP contribution in [0, 0.1) is 5.41 Å². The van der Waals surface area contributed by atoms with E-state index >= 15 is 0 Å². The molecule has 0 unspecified atom stereocenters. The molecule has 1 heterocycles. The third kappa shape index (κ3) is 4.16. The van der Waals surface area contributed by atoms with E-state index < -0.39 is 0 Å². The molecule has 1 aromatic carbocycles. The van der Waals surface area contributed by atoms with Crippen LogP contribution in [0.1, 0.15) is 50.5 Å².